The highest BCUT2D eigenvalue weighted by atomic mass is 32.2. The van der Waals surface area contributed by atoms with E-state index in [-0.39, 0.29) is 22.7 Å². The Labute approximate surface area is 238 Å². The predicted octanol–water partition coefficient (Wildman–Crippen LogP) is 3.44. The molecule has 12 nitrogen and oxygen atoms in total. The van der Waals surface area contributed by atoms with Crippen LogP contribution in [0.15, 0.2) is 30.9 Å². The van der Waals surface area contributed by atoms with Crippen molar-refractivity contribution in [3.8, 4) is 0 Å². The molecule has 2 aliphatic rings. The molecule has 3 N–H and O–H groups in total. The van der Waals surface area contributed by atoms with Crippen LogP contribution in [0.4, 0.5) is 5.82 Å². The minimum atomic E-state index is -3.45. The van der Waals surface area contributed by atoms with Gasteiger partial charge in [0.15, 0.2) is 33.3 Å². The second-order valence-electron chi connectivity index (χ2n) is 12.4. The molecule has 2 saturated heterocycles. The normalized spacial score (nSPS) is 24.4. The highest BCUT2D eigenvalue weighted by molar-refractivity contribution is 7.91. The molecule has 4 atom stereocenters. The molecule has 13 heteroatoms. The molecule has 220 valence electrons. The lowest BCUT2D eigenvalue weighted by molar-refractivity contribution is -0.193. The number of anilines is 1. The van der Waals surface area contributed by atoms with Crippen molar-refractivity contribution >= 4 is 37.9 Å². The quantitative estimate of drug-likeness (QED) is 0.294. The lowest BCUT2D eigenvalue weighted by atomic mass is 9.87. The van der Waals surface area contributed by atoms with Gasteiger partial charge >= 0.3 is 0 Å². The molecule has 2 fully saturated rings. The largest absolute Gasteiger partial charge is 0.382 e. The van der Waals surface area contributed by atoms with E-state index in [1.165, 1.54) is 11.9 Å². The summed E-state index contributed by atoms with van der Waals surface area (Å²) in [7, 11) is -3.45. The van der Waals surface area contributed by atoms with Gasteiger partial charge in [-0.3, -0.25) is 4.57 Å². The minimum Gasteiger partial charge on any atom is -0.382 e. The Balaban J connectivity index is 1.10. The van der Waals surface area contributed by atoms with Gasteiger partial charge in [-0.1, -0.05) is 26.8 Å². The first-order valence-corrected chi connectivity index (χ1v) is 15.8. The van der Waals surface area contributed by atoms with E-state index in [0.29, 0.717) is 30.4 Å². The van der Waals surface area contributed by atoms with Gasteiger partial charge < -0.3 is 24.9 Å². The molecule has 6 rings (SSSR count). The standard InChI is InChI=1S/C28H37N7O5S/c1-27(2,3)16-9-10-17-18(12-16)34-20(33-17)8-6-7-11-41(36,37)13-19-22-23(40-28(4,5)39-22)26(38-19)35-15-32-21-24(29)30-14-31-25(21)35/h9-10,12,14-15,19,22-23,26H,6-8,11,13H2,1-5H3,(H,33,34)(H2,29,30,31). The number of ether oxygens (including phenoxy) is 3. The number of imidazole rings is 2. The Bertz CT molecular complexity index is 1690. The van der Waals surface area contributed by atoms with Crippen LogP contribution in [0.5, 0.6) is 0 Å². The van der Waals surface area contributed by atoms with E-state index in [1.54, 1.807) is 10.9 Å². The van der Waals surface area contributed by atoms with Crippen molar-refractivity contribution in [1.29, 1.82) is 0 Å². The molecule has 2 aliphatic heterocycles. The van der Waals surface area contributed by atoms with Crippen LogP contribution in [0.2, 0.25) is 0 Å². The van der Waals surface area contributed by atoms with Gasteiger partial charge in [0.25, 0.3) is 0 Å². The van der Waals surface area contributed by atoms with E-state index in [0.717, 1.165) is 16.9 Å². The van der Waals surface area contributed by atoms with E-state index in [4.69, 9.17) is 19.9 Å². The zero-order chi connectivity index (χ0) is 29.2. The molecule has 0 amide bonds. The van der Waals surface area contributed by atoms with Crippen LogP contribution in [0.1, 0.15) is 65.1 Å². The Hall–Kier alpha value is -3.13. The van der Waals surface area contributed by atoms with Crippen LogP contribution < -0.4 is 5.73 Å². The fraction of sp³-hybridized carbons (Fsp3) is 0.571. The number of aryl methyl sites for hydroxylation is 1. The number of aromatic nitrogens is 6. The van der Waals surface area contributed by atoms with Crippen LogP contribution >= 0.6 is 0 Å². The van der Waals surface area contributed by atoms with Crippen LogP contribution in [0.3, 0.4) is 0 Å². The number of rotatable bonds is 8. The summed E-state index contributed by atoms with van der Waals surface area (Å²) in [5.74, 6) is 0.108. The Kier molecular flexibility index (Phi) is 6.83. The summed E-state index contributed by atoms with van der Waals surface area (Å²) in [4.78, 5) is 20.7. The van der Waals surface area contributed by atoms with E-state index < -0.39 is 40.2 Å². The zero-order valence-corrected chi connectivity index (χ0v) is 24.8. The summed E-state index contributed by atoms with van der Waals surface area (Å²) in [6.07, 6.45) is 2.32. The van der Waals surface area contributed by atoms with Crippen molar-refractivity contribution in [3.63, 3.8) is 0 Å². The number of benzene rings is 1. The summed E-state index contributed by atoms with van der Waals surface area (Å²) in [6, 6.07) is 6.29. The third-order valence-electron chi connectivity index (χ3n) is 7.72. The van der Waals surface area contributed by atoms with Crippen LogP contribution in [-0.4, -0.2) is 73.5 Å². The second-order valence-corrected chi connectivity index (χ2v) is 14.7. The maximum Gasteiger partial charge on any atom is 0.167 e. The summed E-state index contributed by atoms with van der Waals surface area (Å²) < 4.78 is 46.7. The lowest BCUT2D eigenvalue weighted by Gasteiger charge is -2.24. The van der Waals surface area contributed by atoms with E-state index in [1.807, 2.05) is 19.9 Å². The van der Waals surface area contributed by atoms with Crippen molar-refractivity contribution in [2.24, 2.45) is 0 Å². The van der Waals surface area contributed by atoms with Gasteiger partial charge in [-0.2, -0.15) is 0 Å². The SMILES string of the molecule is CC1(C)OC2C(CS(=O)(=O)CCCCc3nc4ccc(C(C)(C)C)cc4[nH]3)OC(n3cnc4c(N)ncnc43)C2O1. The molecular weight excluding hydrogens is 546 g/mol. The zero-order valence-electron chi connectivity index (χ0n) is 24.0. The molecule has 5 heterocycles. The molecule has 1 aromatic carbocycles. The number of nitrogen functional groups attached to an aromatic ring is 1. The van der Waals surface area contributed by atoms with Crippen molar-refractivity contribution in [1.82, 2.24) is 29.5 Å². The number of fused-ring (bicyclic) bond motifs is 3. The summed E-state index contributed by atoms with van der Waals surface area (Å²) in [5.41, 5.74) is 10.1. The number of hydrogen-bond donors (Lipinski definition) is 2. The first-order valence-electron chi connectivity index (χ1n) is 13.9. The summed E-state index contributed by atoms with van der Waals surface area (Å²) >= 11 is 0. The lowest BCUT2D eigenvalue weighted by Crippen LogP contribution is -2.35. The monoisotopic (exact) mass is 583 g/mol. The molecule has 0 bridgehead atoms. The Morgan fingerprint density at radius 1 is 1.10 bits per heavy atom. The van der Waals surface area contributed by atoms with Gasteiger partial charge in [0.2, 0.25) is 0 Å². The number of aromatic amines is 1. The van der Waals surface area contributed by atoms with Crippen LogP contribution in [0, 0.1) is 0 Å². The Morgan fingerprint density at radius 3 is 2.66 bits per heavy atom. The average molecular weight is 584 g/mol. The predicted molar refractivity (Wildman–Crippen MR) is 154 cm³/mol. The fourth-order valence-corrected chi connectivity index (χ4v) is 7.25. The van der Waals surface area contributed by atoms with Gasteiger partial charge in [0.1, 0.15) is 36.0 Å². The van der Waals surface area contributed by atoms with Crippen molar-refractivity contribution < 1.29 is 22.6 Å². The van der Waals surface area contributed by atoms with Crippen molar-refractivity contribution in [2.45, 2.75) is 89.6 Å². The maximum absolute atomic E-state index is 13.2. The molecule has 0 radical (unpaired) electrons. The summed E-state index contributed by atoms with van der Waals surface area (Å²) in [6.45, 7) is 10.2. The van der Waals surface area contributed by atoms with Crippen molar-refractivity contribution in [3.05, 3.63) is 42.2 Å². The van der Waals surface area contributed by atoms with Crippen molar-refractivity contribution in [2.75, 3.05) is 17.2 Å². The molecule has 0 aliphatic carbocycles. The molecule has 0 saturated carbocycles. The highest BCUT2D eigenvalue weighted by Crippen LogP contribution is 2.44. The van der Waals surface area contributed by atoms with E-state index in [9.17, 15) is 8.42 Å². The van der Waals surface area contributed by atoms with Gasteiger partial charge in [-0.05, 0) is 49.8 Å². The highest BCUT2D eigenvalue weighted by Gasteiger charge is 2.56. The molecule has 4 aromatic rings. The van der Waals surface area contributed by atoms with Crippen LogP contribution in [0.25, 0.3) is 22.2 Å². The Morgan fingerprint density at radius 2 is 1.88 bits per heavy atom. The maximum atomic E-state index is 13.2. The van der Waals surface area contributed by atoms with Gasteiger partial charge in [0.05, 0.1) is 28.9 Å². The molecule has 4 unspecified atom stereocenters. The second kappa shape index (κ2) is 10.0. The van der Waals surface area contributed by atoms with E-state index in [2.05, 4.69) is 57.8 Å². The molecule has 41 heavy (non-hydrogen) atoms. The number of nitrogens with one attached hydrogen (secondary N) is 1. The smallest absolute Gasteiger partial charge is 0.167 e. The summed E-state index contributed by atoms with van der Waals surface area (Å²) in [5, 5.41) is 0. The first-order chi connectivity index (χ1) is 19.3. The first kappa shape index (κ1) is 28.0. The molecule has 3 aromatic heterocycles. The van der Waals surface area contributed by atoms with Crippen LogP contribution in [-0.2, 0) is 35.9 Å². The number of nitrogens with two attached hydrogens (primary N) is 1. The topological polar surface area (TPSA) is 160 Å². The third-order valence-corrected chi connectivity index (χ3v) is 9.47. The number of H-pyrrole nitrogens is 1. The minimum absolute atomic E-state index is 0.0470. The number of sulfone groups is 1. The third kappa shape index (κ3) is 5.55. The van der Waals surface area contributed by atoms with Gasteiger partial charge in [0, 0.05) is 6.42 Å². The molecular formula is C28H37N7O5S. The molecule has 0 spiro atoms. The van der Waals surface area contributed by atoms with E-state index >= 15 is 0 Å². The average Bonchev–Trinajstić information content (AvgIpc) is 3.63. The van der Waals surface area contributed by atoms with Gasteiger partial charge in [-0.15, -0.1) is 0 Å². The fourth-order valence-electron chi connectivity index (χ4n) is 5.67. The number of nitrogens with zero attached hydrogens (tertiary/aromatic N) is 5. The number of hydrogen-bond acceptors (Lipinski definition) is 10. The number of unbranched alkanes of at least 4 members (excludes halogenated alkanes) is 1. The van der Waals surface area contributed by atoms with Gasteiger partial charge in [-0.25, -0.2) is 28.4 Å².